The van der Waals surface area contributed by atoms with E-state index in [1.165, 1.54) is 44.9 Å². The molecule has 0 aromatic rings. The molecule has 20 heavy (non-hydrogen) atoms. The SMILES string of the molecule is CC(C)(C)CCCCCCCCCOC1COCCO1. The topological polar surface area (TPSA) is 27.7 Å². The van der Waals surface area contributed by atoms with E-state index in [0.29, 0.717) is 25.2 Å². The zero-order valence-electron chi connectivity index (χ0n) is 13.8. The Kier molecular flexibility index (Phi) is 9.49. The van der Waals surface area contributed by atoms with Crippen LogP contribution in [0.5, 0.6) is 0 Å². The standard InChI is InChI=1S/C17H34O3/c1-17(2,3)11-9-7-5-4-6-8-10-12-19-16-15-18-13-14-20-16/h16H,4-15H2,1-3H3. The van der Waals surface area contributed by atoms with Crippen molar-refractivity contribution in [2.75, 3.05) is 26.4 Å². The summed E-state index contributed by atoms with van der Waals surface area (Å²) < 4.78 is 16.3. The number of hydrogen-bond acceptors (Lipinski definition) is 3. The van der Waals surface area contributed by atoms with E-state index in [9.17, 15) is 0 Å². The van der Waals surface area contributed by atoms with Gasteiger partial charge in [-0.05, 0) is 18.3 Å². The highest BCUT2D eigenvalue weighted by Gasteiger charge is 2.13. The summed E-state index contributed by atoms with van der Waals surface area (Å²) in [6.07, 6.45) is 10.5. The zero-order valence-corrected chi connectivity index (χ0v) is 13.8. The van der Waals surface area contributed by atoms with E-state index in [4.69, 9.17) is 14.2 Å². The molecule has 1 fully saturated rings. The summed E-state index contributed by atoms with van der Waals surface area (Å²) in [7, 11) is 0. The Morgan fingerprint density at radius 3 is 2.15 bits per heavy atom. The molecule has 1 rings (SSSR count). The van der Waals surface area contributed by atoms with Crippen LogP contribution >= 0.6 is 0 Å². The van der Waals surface area contributed by atoms with Gasteiger partial charge in [-0.1, -0.05) is 59.3 Å². The summed E-state index contributed by atoms with van der Waals surface area (Å²) in [5, 5.41) is 0. The van der Waals surface area contributed by atoms with E-state index >= 15 is 0 Å². The maximum Gasteiger partial charge on any atom is 0.180 e. The molecule has 1 aliphatic rings. The van der Waals surface area contributed by atoms with Crippen LogP contribution in [0.4, 0.5) is 0 Å². The van der Waals surface area contributed by atoms with Crippen molar-refractivity contribution >= 4 is 0 Å². The van der Waals surface area contributed by atoms with Crippen LogP contribution in [0.2, 0.25) is 0 Å². The average Bonchev–Trinajstić information content (AvgIpc) is 2.41. The second kappa shape index (κ2) is 10.6. The molecule has 0 bridgehead atoms. The van der Waals surface area contributed by atoms with Gasteiger partial charge in [-0.3, -0.25) is 0 Å². The van der Waals surface area contributed by atoms with Gasteiger partial charge in [-0.15, -0.1) is 0 Å². The minimum atomic E-state index is -0.124. The molecule has 0 amide bonds. The fourth-order valence-corrected chi connectivity index (χ4v) is 2.42. The van der Waals surface area contributed by atoms with Crippen molar-refractivity contribution in [2.45, 2.75) is 78.4 Å². The van der Waals surface area contributed by atoms with Crippen LogP contribution < -0.4 is 0 Å². The van der Waals surface area contributed by atoms with Crippen molar-refractivity contribution in [2.24, 2.45) is 5.41 Å². The van der Waals surface area contributed by atoms with Crippen molar-refractivity contribution in [3.05, 3.63) is 0 Å². The fraction of sp³-hybridized carbons (Fsp3) is 1.00. The van der Waals surface area contributed by atoms with Crippen LogP contribution in [0.1, 0.15) is 72.1 Å². The molecule has 0 saturated carbocycles. The maximum absolute atomic E-state index is 5.62. The smallest absolute Gasteiger partial charge is 0.180 e. The molecule has 0 N–H and O–H groups in total. The molecule has 0 aromatic heterocycles. The van der Waals surface area contributed by atoms with Crippen molar-refractivity contribution in [1.29, 1.82) is 0 Å². The third-order valence-corrected chi connectivity index (χ3v) is 3.66. The molecule has 1 saturated heterocycles. The number of rotatable bonds is 10. The number of unbranched alkanes of at least 4 members (excludes halogenated alkanes) is 6. The van der Waals surface area contributed by atoms with Crippen LogP contribution in [-0.2, 0) is 14.2 Å². The van der Waals surface area contributed by atoms with Crippen molar-refractivity contribution in [1.82, 2.24) is 0 Å². The lowest BCUT2D eigenvalue weighted by Crippen LogP contribution is -2.31. The predicted molar refractivity (Wildman–Crippen MR) is 82.9 cm³/mol. The summed E-state index contributed by atoms with van der Waals surface area (Å²) >= 11 is 0. The second-order valence-corrected chi connectivity index (χ2v) is 7.03. The Hall–Kier alpha value is -0.120. The largest absolute Gasteiger partial charge is 0.374 e. The summed E-state index contributed by atoms with van der Waals surface area (Å²) in [4.78, 5) is 0. The lowest BCUT2D eigenvalue weighted by atomic mass is 9.89. The summed E-state index contributed by atoms with van der Waals surface area (Å²) in [6, 6.07) is 0. The molecular formula is C17H34O3. The first kappa shape index (κ1) is 17.9. The minimum absolute atomic E-state index is 0.124. The van der Waals surface area contributed by atoms with Crippen LogP contribution in [0.25, 0.3) is 0 Å². The van der Waals surface area contributed by atoms with E-state index in [-0.39, 0.29) is 6.29 Å². The lowest BCUT2D eigenvalue weighted by molar-refractivity contribution is -0.211. The maximum atomic E-state index is 5.62. The minimum Gasteiger partial charge on any atom is -0.374 e. The van der Waals surface area contributed by atoms with Gasteiger partial charge in [0.1, 0.15) is 0 Å². The first-order chi connectivity index (χ1) is 9.58. The van der Waals surface area contributed by atoms with E-state index in [0.717, 1.165) is 13.0 Å². The van der Waals surface area contributed by atoms with Crippen LogP contribution in [0, 0.1) is 5.41 Å². The zero-order chi connectivity index (χ0) is 14.7. The molecule has 1 aliphatic heterocycles. The Bertz CT molecular complexity index is 217. The Morgan fingerprint density at radius 1 is 0.900 bits per heavy atom. The third kappa shape index (κ3) is 10.6. The first-order valence-electron chi connectivity index (χ1n) is 8.39. The quantitative estimate of drug-likeness (QED) is 0.552. The lowest BCUT2D eigenvalue weighted by Gasteiger charge is -2.22. The van der Waals surface area contributed by atoms with Gasteiger partial charge in [0.2, 0.25) is 0 Å². The molecule has 3 heteroatoms. The second-order valence-electron chi connectivity index (χ2n) is 7.03. The molecule has 0 radical (unpaired) electrons. The number of ether oxygens (including phenoxy) is 3. The van der Waals surface area contributed by atoms with Crippen LogP contribution in [0.15, 0.2) is 0 Å². The molecule has 0 aliphatic carbocycles. The molecule has 120 valence electrons. The molecule has 1 heterocycles. The highest BCUT2D eigenvalue weighted by atomic mass is 16.7. The molecule has 0 aromatic carbocycles. The molecule has 0 spiro atoms. The summed E-state index contributed by atoms with van der Waals surface area (Å²) in [6.45, 7) is 9.75. The van der Waals surface area contributed by atoms with Crippen LogP contribution in [-0.4, -0.2) is 32.7 Å². The fourth-order valence-electron chi connectivity index (χ4n) is 2.42. The summed E-state index contributed by atoms with van der Waals surface area (Å²) in [5.41, 5.74) is 0.502. The monoisotopic (exact) mass is 286 g/mol. The number of hydrogen-bond donors (Lipinski definition) is 0. The Morgan fingerprint density at radius 2 is 1.55 bits per heavy atom. The van der Waals surface area contributed by atoms with Gasteiger partial charge < -0.3 is 14.2 Å². The molecule has 1 atom stereocenters. The van der Waals surface area contributed by atoms with Gasteiger partial charge in [0.25, 0.3) is 0 Å². The predicted octanol–water partition coefficient (Wildman–Crippen LogP) is 4.54. The Balaban J connectivity index is 1.76. The highest BCUT2D eigenvalue weighted by Crippen LogP contribution is 2.22. The normalized spacial score (nSPS) is 20.2. The van der Waals surface area contributed by atoms with Gasteiger partial charge in [-0.25, -0.2) is 0 Å². The molecular weight excluding hydrogens is 252 g/mol. The van der Waals surface area contributed by atoms with E-state index in [1.807, 2.05) is 0 Å². The highest BCUT2D eigenvalue weighted by molar-refractivity contribution is 4.61. The van der Waals surface area contributed by atoms with Crippen molar-refractivity contribution in [3.8, 4) is 0 Å². The first-order valence-corrected chi connectivity index (χ1v) is 8.39. The molecule has 3 nitrogen and oxygen atoms in total. The van der Waals surface area contributed by atoms with Gasteiger partial charge in [0.15, 0.2) is 6.29 Å². The van der Waals surface area contributed by atoms with Crippen molar-refractivity contribution in [3.63, 3.8) is 0 Å². The van der Waals surface area contributed by atoms with E-state index in [2.05, 4.69) is 20.8 Å². The van der Waals surface area contributed by atoms with E-state index in [1.54, 1.807) is 0 Å². The van der Waals surface area contributed by atoms with Crippen molar-refractivity contribution < 1.29 is 14.2 Å². The third-order valence-electron chi connectivity index (χ3n) is 3.66. The van der Waals surface area contributed by atoms with Gasteiger partial charge in [-0.2, -0.15) is 0 Å². The average molecular weight is 286 g/mol. The summed E-state index contributed by atoms with van der Waals surface area (Å²) in [5.74, 6) is 0. The van der Waals surface area contributed by atoms with Gasteiger partial charge >= 0.3 is 0 Å². The Labute approximate surface area is 125 Å². The van der Waals surface area contributed by atoms with Crippen LogP contribution in [0.3, 0.4) is 0 Å². The van der Waals surface area contributed by atoms with Gasteiger partial charge in [0.05, 0.1) is 19.8 Å². The molecule has 1 unspecified atom stereocenters. The van der Waals surface area contributed by atoms with Gasteiger partial charge in [0, 0.05) is 6.61 Å². The van der Waals surface area contributed by atoms with E-state index < -0.39 is 0 Å².